The number of hydrogen-bond donors (Lipinski definition) is 1. The lowest BCUT2D eigenvalue weighted by Gasteiger charge is -2.16. The monoisotopic (exact) mass is 404 g/mol. The minimum absolute atomic E-state index is 0.121. The van der Waals surface area contributed by atoms with E-state index in [0.717, 1.165) is 12.8 Å². The summed E-state index contributed by atoms with van der Waals surface area (Å²) in [6.07, 6.45) is 2.67. The quantitative estimate of drug-likeness (QED) is 0.540. The van der Waals surface area contributed by atoms with Crippen molar-refractivity contribution >= 4 is 11.9 Å². The van der Waals surface area contributed by atoms with Crippen LogP contribution < -0.4 is 14.8 Å². The topological polar surface area (TPSA) is 99.9 Å². The molecule has 2 rings (SSSR count). The fourth-order valence-corrected chi connectivity index (χ4v) is 2.69. The van der Waals surface area contributed by atoms with Crippen molar-refractivity contribution in [2.75, 3.05) is 13.7 Å². The fourth-order valence-electron chi connectivity index (χ4n) is 2.69. The summed E-state index contributed by atoms with van der Waals surface area (Å²) in [7, 11) is 1.58. The van der Waals surface area contributed by atoms with Crippen LogP contribution in [0.2, 0.25) is 0 Å². The van der Waals surface area contributed by atoms with Crippen LogP contribution in [0.25, 0.3) is 0 Å². The van der Waals surface area contributed by atoms with Gasteiger partial charge in [0, 0.05) is 18.2 Å². The Morgan fingerprint density at radius 1 is 1.21 bits per heavy atom. The summed E-state index contributed by atoms with van der Waals surface area (Å²) in [5.74, 6) is 0.974. The molecule has 1 aromatic heterocycles. The van der Waals surface area contributed by atoms with Crippen LogP contribution in [0.15, 0.2) is 34.9 Å². The Balaban J connectivity index is 1.92. The van der Waals surface area contributed by atoms with E-state index in [1.54, 1.807) is 26.2 Å². The molecule has 1 amide bonds. The first kappa shape index (κ1) is 22.3. The van der Waals surface area contributed by atoms with E-state index in [1.165, 1.54) is 6.07 Å². The van der Waals surface area contributed by atoms with Crippen molar-refractivity contribution in [1.29, 1.82) is 0 Å². The standard InChI is InChI=1S/C21H28N2O6/c1-4-6-8-15(11-20(24)27-5-2)22-21(25)19-13-18(29-23-19)14-28-17-10-7-9-16(12-17)26-3/h7,9-10,12-13,15H,4-6,8,11,14H2,1-3H3,(H,22,25). The number of unbranched alkanes of at least 4 members (excludes halogenated alkanes) is 1. The molecule has 1 aromatic carbocycles. The van der Waals surface area contributed by atoms with Crippen molar-refractivity contribution in [2.24, 2.45) is 0 Å². The predicted octanol–water partition coefficient (Wildman–Crippen LogP) is 3.50. The molecule has 1 unspecified atom stereocenters. The molecule has 8 nitrogen and oxygen atoms in total. The Labute approximate surface area is 170 Å². The minimum Gasteiger partial charge on any atom is -0.497 e. The summed E-state index contributed by atoms with van der Waals surface area (Å²) < 4.78 is 21.0. The third-order valence-electron chi connectivity index (χ3n) is 4.17. The number of benzene rings is 1. The zero-order valence-electron chi connectivity index (χ0n) is 17.1. The van der Waals surface area contributed by atoms with Crippen molar-refractivity contribution in [3.05, 3.63) is 41.8 Å². The van der Waals surface area contributed by atoms with Crippen LogP contribution in [-0.4, -0.2) is 36.8 Å². The van der Waals surface area contributed by atoms with Crippen molar-refractivity contribution in [1.82, 2.24) is 10.5 Å². The number of ether oxygens (including phenoxy) is 3. The molecule has 1 N–H and O–H groups in total. The van der Waals surface area contributed by atoms with Gasteiger partial charge in [0.05, 0.1) is 20.1 Å². The molecule has 158 valence electrons. The third-order valence-corrected chi connectivity index (χ3v) is 4.17. The van der Waals surface area contributed by atoms with Gasteiger partial charge in [-0.3, -0.25) is 9.59 Å². The Hall–Kier alpha value is -3.03. The van der Waals surface area contributed by atoms with Gasteiger partial charge in [-0.2, -0.15) is 0 Å². The molecule has 29 heavy (non-hydrogen) atoms. The number of carbonyl (C=O) groups is 2. The Morgan fingerprint density at radius 2 is 2.00 bits per heavy atom. The van der Waals surface area contributed by atoms with Gasteiger partial charge in [-0.1, -0.05) is 31.0 Å². The van der Waals surface area contributed by atoms with Crippen molar-refractivity contribution < 1.29 is 28.3 Å². The third kappa shape index (κ3) is 7.48. The number of nitrogens with one attached hydrogen (secondary N) is 1. The first-order valence-corrected chi connectivity index (χ1v) is 9.74. The van der Waals surface area contributed by atoms with Gasteiger partial charge in [-0.25, -0.2) is 0 Å². The van der Waals surface area contributed by atoms with Gasteiger partial charge in [0.25, 0.3) is 5.91 Å². The largest absolute Gasteiger partial charge is 0.497 e. The van der Waals surface area contributed by atoms with E-state index in [2.05, 4.69) is 17.4 Å². The molecule has 1 heterocycles. The Morgan fingerprint density at radius 3 is 2.72 bits per heavy atom. The lowest BCUT2D eigenvalue weighted by Crippen LogP contribution is -2.37. The van der Waals surface area contributed by atoms with Crippen LogP contribution in [0.1, 0.15) is 55.8 Å². The smallest absolute Gasteiger partial charge is 0.307 e. The molecular weight excluding hydrogens is 376 g/mol. The van der Waals surface area contributed by atoms with E-state index >= 15 is 0 Å². The van der Waals surface area contributed by atoms with Gasteiger partial charge < -0.3 is 24.1 Å². The number of rotatable bonds is 12. The Bertz CT molecular complexity index is 789. The molecule has 0 radical (unpaired) electrons. The van der Waals surface area contributed by atoms with Gasteiger partial charge in [0.2, 0.25) is 0 Å². The Kier molecular flexibility index (Phi) is 9.01. The maximum absolute atomic E-state index is 12.5. The summed E-state index contributed by atoms with van der Waals surface area (Å²) in [5, 5.41) is 6.64. The molecular formula is C21H28N2O6. The maximum Gasteiger partial charge on any atom is 0.307 e. The average Bonchev–Trinajstić information content (AvgIpc) is 3.20. The van der Waals surface area contributed by atoms with E-state index < -0.39 is 5.91 Å². The number of carbonyl (C=O) groups excluding carboxylic acids is 2. The zero-order valence-corrected chi connectivity index (χ0v) is 17.1. The first-order chi connectivity index (χ1) is 14.0. The molecule has 2 aromatic rings. The number of esters is 1. The summed E-state index contributed by atoms with van der Waals surface area (Å²) in [6, 6.07) is 8.38. The van der Waals surface area contributed by atoms with Crippen LogP contribution >= 0.6 is 0 Å². The number of amides is 1. The number of hydrogen-bond acceptors (Lipinski definition) is 7. The van der Waals surface area contributed by atoms with E-state index in [1.807, 2.05) is 12.1 Å². The summed E-state index contributed by atoms with van der Waals surface area (Å²) >= 11 is 0. The van der Waals surface area contributed by atoms with Crippen LogP contribution in [0, 0.1) is 0 Å². The lowest BCUT2D eigenvalue weighted by atomic mass is 10.1. The molecule has 0 bridgehead atoms. The highest BCUT2D eigenvalue weighted by molar-refractivity contribution is 5.92. The highest BCUT2D eigenvalue weighted by atomic mass is 16.5. The molecule has 0 saturated heterocycles. The molecule has 0 aliphatic rings. The van der Waals surface area contributed by atoms with E-state index in [4.69, 9.17) is 18.7 Å². The molecule has 0 aliphatic heterocycles. The number of aromatic nitrogens is 1. The molecule has 0 spiro atoms. The molecule has 0 saturated carbocycles. The highest BCUT2D eigenvalue weighted by Gasteiger charge is 2.20. The summed E-state index contributed by atoms with van der Waals surface area (Å²) in [5.41, 5.74) is 0.139. The second-order valence-corrected chi connectivity index (χ2v) is 6.47. The lowest BCUT2D eigenvalue weighted by molar-refractivity contribution is -0.143. The van der Waals surface area contributed by atoms with Crippen molar-refractivity contribution in [3.8, 4) is 11.5 Å². The second kappa shape index (κ2) is 11.7. The van der Waals surface area contributed by atoms with E-state index in [9.17, 15) is 9.59 Å². The fraction of sp³-hybridized carbons (Fsp3) is 0.476. The summed E-state index contributed by atoms with van der Waals surface area (Å²) in [4.78, 5) is 24.3. The molecule has 8 heteroatoms. The van der Waals surface area contributed by atoms with E-state index in [-0.39, 0.29) is 30.7 Å². The van der Waals surface area contributed by atoms with E-state index in [0.29, 0.717) is 30.3 Å². The van der Waals surface area contributed by atoms with Crippen LogP contribution in [-0.2, 0) is 16.1 Å². The zero-order chi connectivity index (χ0) is 21.1. The number of methoxy groups -OCH3 is 1. The molecule has 0 aliphatic carbocycles. The summed E-state index contributed by atoms with van der Waals surface area (Å²) in [6.45, 7) is 4.24. The predicted molar refractivity (Wildman–Crippen MR) is 106 cm³/mol. The van der Waals surface area contributed by atoms with Crippen LogP contribution in [0.5, 0.6) is 11.5 Å². The van der Waals surface area contributed by atoms with Crippen molar-refractivity contribution in [2.45, 2.75) is 52.2 Å². The minimum atomic E-state index is -0.396. The van der Waals surface area contributed by atoms with Gasteiger partial charge >= 0.3 is 5.97 Å². The SMILES string of the molecule is CCCCC(CC(=O)OCC)NC(=O)c1cc(COc2cccc(OC)c2)on1. The maximum atomic E-state index is 12.5. The number of nitrogens with zero attached hydrogens (tertiary/aromatic N) is 1. The average molecular weight is 404 g/mol. The second-order valence-electron chi connectivity index (χ2n) is 6.47. The van der Waals surface area contributed by atoms with Crippen LogP contribution in [0.3, 0.4) is 0 Å². The van der Waals surface area contributed by atoms with Crippen LogP contribution in [0.4, 0.5) is 0 Å². The van der Waals surface area contributed by atoms with Gasteiger partial charge in [0.15, 0.2) is 11.5 Å². The molecule has 0 fully saturated rings. The normalized spacial score (nSPS) is 11.6. The first-order valence-electron chi connectivity index (χ1n) is 9.74. The van der Waals surface area contributed by atoms with Gasteiger partial charge in [0.1, 0.15) is 18.1 Å². The van der Waals surface area contributed by atoms with Gasteiger partial charge in [-0.15, -0.1) is 0 Å². The molecule has 1 atom stereocenters. The highest BCUT2D eigenvalue weighted by Crippen LogP contribution is 2.20. The van der Waals surface area contributed by atoms with Crippen molar-refractivity contribution in [3.63, 3.8) is 0 Å². The van der Waals surface area contributed by atoms with Gasteiger partial charge in [-0.05, 0) is 25.5 Å².